The third kappa shape index (κ3) is 2.39. The second kappa shape index (κ2) is 4.86. The van der Waals surface area contributed by atoms with Gasteiger partial charge in [0.05, 0.1) is 0 Å². The van der Waals surface area contributed by atoms with Gasteiger partial charge < -0.3 is 11.5 Å². The summed E-state index contributed by atoms with van der Waals surface area (Å²) in [6.45, 7) is 2.05. The summed E-state index contributed by atoms with van der Waals surface area (Å²) in [6, 6.07) is 3.67. The first-order valence-corrected chi connectivity index (χ1v) is 4.85. The molecule has 0 radical (unpaired) electrons. The first-order valence-electron chi connectivity index (χ1n) is 4.47. The van der Waals surface area contributed by atoms with E-state index < -0.39 is 0 Å². The van der Waals surface area contributed by atoms with Crippen molar-refractivity contribution in [2.45, 2.75) is 19.3 Å². The quantitative estimate of drug-likeness (QED) is 0.752. The Balaban J connectivity index is 2.95. The molecule has 0 saturated carbocycles. The van der Waals surface area contributed by atoms with Gasteiger partial charge in [-0.3, -0.25) is 0 Å². The van der Waals surface area contributed by atoms with E-state index >= 15 is 0 Å². The molecule has 1 rings (SSSR count). The average molecular weight is 212 g/mol. The van der Waals surface area contributed by atoms with Gasteiger partial charge in [0.25, 0.3) is 0 Å². The maximum Gasteiger partial charge on any atom is 0.129 e. The second-order valence-corrected chi connectivity index (χ2v) is 3.43. The van der Waals surface area contributed by atoms with Crippen LogP contribution in [0.4, 0.5) is 0 Å². The van der Waals surface area contributed by atoms with Crippen LogP contribution in [-0.4, -0.2) is 4.98 Å². The number of hydrogen-bond acceptors (Lipinski definition) is 3. The van der Waals surface area contributed by atoms with Gasteiger partial charge in [0.1, 0.15) is 5.15 Å². The summed E-state index contributed by atoms with van der Waals surface area (Å²) in [4.78, 5) is 4.01. The number of rotatable bonds is 3. The minimum Gasteiger partial charge on any atom is -0.403 e. The zero-order chi connectivity index (χ0) is 10.6. The first-order chi connectivity index (χ1) is 6.69. The topological polar surface area (TPSA) is 64.9 Å². The van der Waals surface area contributed by atoms with Gasteiger partial charge in [0.15, 0.2) is 0 Å². The molecule has 14 heavy (non-hydrogen) atoms. The smallest absolute Gasteiger partial charge is 0.129 e. The minimum atomic E-state index is 0.129. The Morgan fingerprint density at radius 2 is 2.36 bits per heavy atom. The summed E-state index contributed by atoms with van der Waals surface area (Å²) in [5.41, 5.74) is 12.9. The molecule has 1 unspecified atom stereocenters. The van der Waals surface area contributed by atoms with Crippen molar-refractivity contribution in [1.82, 2.24) is 4.98 Å². The van der Waals surface area contributed by atoms with Crippen LogP contribution in [0.1, 0.15) is 24.8 Å². The molecule has 0 saturated heterocycles. The number of nitrogens with two attached hydrogens (primary N) is 2. The molecule has 4 N–H and O–H groups in total. The third-order valence-electron chi connectivity index (χ3n) is 2.16. The van der Waals surface area contributed by atoms with E-state index in [1.165, 1.54) is 6.20 Å². The molecule has 0 aromatic carbocycles. The molecule has 1 heterocycles. The summed E-state index contributed by atoms with van der Waals surface area (Å²) in [6.07, 6.45) is 4.05. The lowest BCUT2D eigenvalue weighted by Gasteiger charge is -2.14. The van der Waals surface area contributed by atoms with Gasteiger partial charge in [-0.25, -0.2) is 4.98 Å². The van der Waals surface area contributed by atoms with E-state index in [2.05, 4.69) is 11.9 Å². The zero-order valence-corrected chi connectivity index (χ0v) is 8.83. The van der Waals surface area contributed by atoms with Crippen molar-refractivity contribution in [2.75, 3.05) is 0 Å². The molecule has 0 aliphatic rings. The fourth-order valence-electron chi connectivity index (χ4n) is 1.37. The largest absolute Gasteiger partial charge is 0.403 e. The second-order valence-electron chi connectivity index (χ2n) is 3.04. The number of halogens is 1. The minimum absolute atomic E-state index is 0.129. The molecule has 3 nitrogen and oxygen atoms in total. The van der Waals surface area contributed by atoms with Gasteiger partial charge in [0.2, 0.25) is 0 Å². The maximum atomic E-state index is 5.77. The number of hydrogen-bond donors (Lipinski definition) is 2. The SMILES string of the molecule is CCC(/C(N)=C/N)c1ccc(Cl)nc1. The predicted octanol–water partition coefficient (Wildman–Crippen LogP) is 1.99. The van der Waals surface area contributed by atoms with Gasteiger partial charge in [-0.1, -0.05) is 24.6 Å². The van der Waals surface area contributed by atoms with Gasteiger partial charge in [-0.05, 0) is 18.1 Å². The molecule has 4 heteroatoms. The van der Waals surface area contributed by atoms with E-state index in [9.17, 15) is 0 Å². The molecular formula is C10H14ClN3. The van der Waals surface area contributed by atoms with Gasteiger partial charge >= 0.3 is 0 Å². The highest BCUT2D eigenvalue weighted by Gasteiger charge is 2.11. The summed E-state index contributed by atoms with van der Waals surface area (Å²) < 4.78 is 0. The van der Waals surface area contributed by atoms with Crippen molar-refractivity contribution in [1.29, 1.82) is 0 Å². The normalized spacial score (nSPS) is 14.0. The van der Waals surface area contributed by atoms with Crippen LogP contribution in [0.2, 0.25) is 5.15 Å². The highest BCUT2D eigenvalue weighted by molar-refractivity contribution is 6.29. The van der Waals surface area contributed by atoms with Crippen molar-refractivity contribution in [3.05, 3.63) is 40.9 Å². The lowest BCUT2D eigenvalue weighted by molar-refractivity contribution is 0.743. The molecule has 1 aromatic heterocycles. The van der Waals surface area contributed by atoms with E-state index in [1.54, 1.807) is 12.3 Å². The third-order valence-corrected chi connectivity index (χ3v) is 2.38. The Morgan fingerprint density at radius 1 is 1.64 bits per heavy atom. The van der Waals surface area contributed by atoms with E-state index in [4.69, 9.17) is 23.1 Å². The molecule has 1 aromatic rings. The lowest BCUT2D eigenvalue weighted by Crippen LogP contribution is -2.11. The standard InChI is InChI=1S/C10H14ClN3/c1-2-8(9(13)5-12)7-3-4-10(11)14-6-7/h3-6,8H,2,12-13H2,1H3/b9-5-. The van der Waals surface area contributed by atoms with Crippen LogP contribution in [0.5, 0.6) is 0 Å². The Morgan fingerprint density at radius 3 is 2.79 bits per heavy atom. The van der Waals surface area contributed by atoms with Crippen LogP contribution in [-0.2, 0) is 0 Å². The molecule has 0 spiro atoms. The maximum absolute atomic E-state index is 5.77. The lowest BCUT2D eigenvalue weighted by atomic mass is 9.95. The number of aromatic nitrogens is 1. The average Bonchev–Trinajstić information content (AvgIpc) is 2.21. The van der Waals surface area contributed by atoms with Crippen LogP contribution in [0, 0.1) is 0 Å². The van der Waals surface area contributed by atoms with Crippen LogP contribution in [0.15, 0.2) is 30.2 Å². The molecule has 0 aliphatic heterocycles. The first kappa shape index (κ1) is 10.9. The van der Waals surface area contributed by atoms with Crippen molar-refractivity contribution in [3.8, 4) is 0 Å². The molecule has 0 fully saturated rings. The molecule has 76 valence electrons. The highest BCUT2D eigenvalue weighted by atomic mass is 35.5. The van der Waals surface area contributed by atoms with Crippen LogP contribution in [0.25, 0.3) is 0 Å². The predicted molar refractivity (Wildman–Crippen MR) is 58.7 cm³/mol. The fraction of sp³-hybridized carbons (Fsp3) is 0.300. The summed E-state index contributed by atoms with van der Waals surface area (Å²) in [5.74, 6) is 0.129. The van der Waals surface area contributed by atoms with Crippen molar-refractivity contribution >= 4 is 11.6 Å². The van der Waals surface area contributed by atoms with Gasteiger partial charge in [-0.15, -0.1) is 0 Å². The van der Waals surface area contributed by atoms with Crippen LogP contribution < -0.4 is 11.5 Å². The highest BCUT2D eigenvalue weighted by Crippen LogP contribution is 2.24. The summed E-state index contributed by atoms with van der Waals surface area (Å²) >= 11 is 5.69. The number of pyridine rings is 1. The fourth-order valence-corrected chi connectivity index (χ4v) is 1.49. The van der Waals surface area contributed by atoms with Gasteiger partial charge in [0, 0.05) is 24.0 Å². The van der Waals surface area contributed by atoms with E-state index in [1.807, 2.05) is 6.07 Å². The van der Waals surface area contributed by atoms with Crippen LogP contribution in [0.3, 0.4) is 0 Å². The Bertz CT molecular complexity index is 319. The van der Waals surface area contributed by atoms with Crippen molar-refractivity contribution in [3.63, 3.8) is 0 Å². The summed E-state index contributed by atoms with van der Waals surface area (Å²) in [7, 11) is 0. The zero-order valence-electron chi connectivity index (χ0n) is 8.07. The van der Waals surface area contributed by atoms with E-state index in [-0.39, 0.29) is 5.92 Å². The van der Waals surface area contributed by atoms with Crippen molar-refractivity contribution in [2.24, 2.45) is 11.5 Å². The van der Waals surface area contributed by atoms with Gasteiger partial charge in [-0.2, -0.15) is 0 Å². The monoisotopic (exact) mass is 211 g/mol. The van der Waals surface area contributed by atoms with Crippen LogP contribution >= 0.6 is 11.6 Å². The van der Waals surface area contributed by atoms with E-state index in [0.717, 1.165) is 12.0 Å². The molecular weight excluding hydrogens is 198 g/mol. The molecule has 0 bridgehead atoms. The Labute approximate surface area is 88.8 Å². The number of nitrogens with zero attached hydrogens (tertiary/aromatic N) is 1. The molecule has 0 amide bonds. The Kier molecular flexibility index (Phi) is 3.77. The van der Waals surface area contributed by atoms with E-state index in [0.29, 0.717) is 10.9 Å². The number of allylic oxidation sites excluding steroid dienone is 1. The molecule has 0 aliphatic carbocycles. The summed E-state index contributed by atoms with van der Waals surface area (Å²) in [5, 5.41) is 0.485. The molecule has 1 atom stereocenters. The Hall–Kier alpha value is -1.22. The van der Waals surface area contributed by atoms with Crippen molar-refractivity contribution < 1.29 is 0 Å².